The topological polar surface area (TPSA) is 93.1 Å². The zero-order valence-electron chi connectivity index (χ0n) is 11.7. The van der Waals surface area contributed by atoms with Crippen LogP contribution in [-0.4, -0.2) is 45.6 Å². The van der Waals surface area contributed by atoms with Crippen LogP contribution in [-0.2, 0) is 19.1 Å². The number of fused-ring (bicyclic) bond motifs is 1. The fourth-order valence-electron chi connectivity index (χ4n) is 3.07. The van der Waals surface area contributed by atoms with Crippen LogP contribution in [0.25, 0.3) is 0 Å². The summed E-state index contributed by atoms with van der Waals surface area (Å²) in [7, 11) is 0. The van der Waals surface area contributed by atoms with Gasteiger partial charge in [0.25, 0.3) is 0 Å². The summed E-state index contributed by atoms with van der Waals surface area (Å²) in [5, 5.41) is 21.3. The van der Waals surface area contributed by atoms with Crippen LogP contribution >= 0.6 is 0 Å². The Bertz CT molecular complexity index is 405. The van der Waals surface area contributed by atoms with E-state index in [1.165, 1.54) is 13.8 Å². The highest BCUT2D eigenvalue weighted by atomic mass is 16.6. The first-order valence-electron chi connectivity index (χ1n) is 6.70. The van der Waals surface area contributed by atoms with E-state index in [1.807, 2.05) is 0 Å². The molecule has 1 saturated carbocycles. The third-order valence-electron chi connectivity index (χ3n) is 4.07. The highest BCUT2D eigenvalue weighted by Crippen LogP contribution is 2.46. The van der Waals surface area contributed by atoms with Gasteiger partial charge in [0.1, 0.15) is 23.4 Å². The summed E-state index contributed by atoms with van der Waals surface area (Å²) in [5.74, 6) is -1.01. The van der Waals surface area contributed by atoms with Gasteiger partial charge in [-0.2, -0.15) is 0 Å². The van der Waals surface area contributed by atoms with E-state index in [2.05, 4.69) is 0 Å². The minimum absolute atomic E-state index is 0.0470. The summed E-state index contributed by atoms with van der Waals surface area (Å²) in [5.41, 5.74) is -2.73. The van der Waals surface area contributed by atoms with Gasteiger partial charge in [-0.25, -0.2) is 0 Å². The van der Waals surface area contributed by atoms with Gasteiger partial charge in [-0.15, -0.1) is 0 Å². The molecule has 0 aromatic heterocycles. The number of hydrogen-bond donors (Lipinski definition) is 2. The molecular weight excluding hydrogens is 264 g/mol. The molecule has 20 heavy (non-hydrogen) atoms. The van der Waals surface area contributed by atoms with Crippen molar-refractivity contribution in [3.8, 4) is 0 Å². The highest BCUT2D eigenvalue weighted by Gasteiger charge is 2.58. The lowest BCUT2D eigenvalue weighted by molar-refractivity contribution is -0.234. The molecule has 0 spiro atoms. The molecule has 6 heteroatoms. The van der Waals surface area contributed by atoms with Gasteiger partial charge in [-0.3, -0.25) is 9.59 Å². The van der Waals surface area contributed by atoms with Gasteiger partial charge in [0, 0.05) is 26.7 Å². The van der Waals surface area contributed by atoms with Crippen molar-refractivity contribution < 1.29 is 29.3 Å². The van der Waals surface area contributed by atoms with Gasteiger partial charge in [0.15, 0.2) is 0 Å². The quantitative estimate of drug-likeness (QED) is 0.565. The van der Waals surface area contributed by atoms with E-state index >= 15 is 0 Å². The largest absolute Gasteiger partial charge is 0.458 e. The van der Waals surface area contributed by atoms with E-state index in [-0.39, 0.29) is 25.7 Å². The van der Waals surface area contributed by atoms with Crippen LogP contribution in [0, 0.1) is 0 Å². The summed E-state index contributed by atoms with van der Waals surface area (Å²) in [6, 6.07) is 0. The Kier molecular flexibility index (Phi) is 3.88. The fourth-order valence-corrected chi connectivity index (χ4v) is 3.07. The van der Waals surface area contributed by atoms with Gasteiger partial charge < -0.3 is 19.7 Å². The van der Waals surface area contributed by atoms with Crippen LogP contribution < -0.4 is 0 Å². The molecule has 0 radical (unpaired) electrons. The fraction of sp³-hybridized carbons (Fsp3) is 0.714. The van der Waals surface area contributed by atoms with Crippen LogP contribution in [0.4, 0.5) is 0 Å². The standard InChI is InChI=1S/C14H20O6/c1-9(15)19-11-7-13(17)5-3-4-6-14(13,18)8-12(11)20-10(2)16/h3-4,11-12,17-18H,5-8H2,1-2H3/t11-,12+,13-,14-/m0/s1. The highest BCUT2D eigenvalue weighted by molar-refractivity contribution is 5.67. The molecule has 0 saturated heterocycles. The maximum atomic E-state index is 11.2. The Morgan fingerprint density at radius 3 is 1.60 bits per heavy atom. The van der Waals surface area contributed by atoms with Crippen LogP contribution in [0.2, 0.25) is 0 Å². The Labute approximate surface area is 117 Å². The van der Waals surface area contributed by atoms with Crippen molar-refractivity contribution in [2.24, 2.45) is 0 Å². The van der Waals surface area contributed by atoms with Crippen molar-refractivity contribution in [2.75, 3.05) is 0 Å². The Balaban J connectivity index is 2.25. The predicted octanol–water partition coefficient (Wildman–Crippen LogP) is 0.456. The molecular formula is C14H20O6. The molecule has 0 aromatic carbocycles. The van der Waals surface area contributed by atoms with Crippen molar-refractivity contribution in [3.63, 3.8) is 0 Å². The van der Waals surface area contributed by atoms with Crippen LogP contribution in [0.3, 0.4) is 0 Å². The lowest BCUT2D eigenvalue weighted by Crippen LogP contribution is -2.64. The number of esters is 2. The molecule has 6 nitrogen and oxygen atoms in total. The van der Waals surface area contributed by atoms with Gasteiger partial charge in [-0.1, -0.05) is 12.2 Å². The molecule has 0 heterocycles. The number of aliphatic hydroxyl groups is 2. The van der Waals surface area contributed by atoms with E-state index in [4.69, 9.17) is 9.47 Å². The SMILES string of the molecule is CC(=O)O[C@H]1C[C@@]2(O)CC=CC[C@]2(O)C[C@H]1OC(C)=O. The smallest absolute Gasteiger partial charge is 0.303 e. The molecule has 0 aliphatic heterocycles. The van der Waals surface area contributed by atoms with Crippen molar-refractivity contribution >= 4 is 11.9 Å². The monoisotopic (exact) mass is 284 g/mol. The summed E-state index contributed by atoms with van der Waals surface area (Å²) in [6.07, 6.45) is 2.77. The molecule has 2 rings (SSSR count). The molecule has 0 amide bonds. The minimum Gasteiger partial charge on any atom is -0.458 e. The van der Waals surface area contributed by atoms with Gasteiger partial charge in [0.05, 0.1) is 0 Å². The molecule has 112 valence electrons. The van der Waals surface area contributed by atoms with E-state index in [0.717, 1.165) is 0 Å². The van der Waals surface area contributed by atoms with Crippen molar-refractivity contribution in [2.45, 2.75) is 62.9 Å². The third kappa shape index (κ3) is 2.71. The van der Waals surface area contributed by atoms with Gasteiger partial charge in [0.2, 0.25) is 0 Å². The van der Waals surface area contributed by atoms with Crippen molar-refractivity contribution in [1.29, 1.82) is 0 Å². The molecule has 2 aliphatic carbocycles. The van der Waals surface area contributed by atoms with E-state index in [9.17, 15) is 19.8 Å². The summed E-state index contributed by atoms with van der Waals surface area (Å²) >= 11 is 0. The number of carbonyl (C=O) groups excluding carboxylic acids is 2. The second kappa shape index (κ2) is 5.18. The van der Waals surface area contributed by atoms with Crippen LogP contribution in [0.5, 0.6) is 0 Å². The lowest BCUT2D eigenvalue weighted by Gasteiger charge is -2.52. The number of carbonyl (C=O) groups is 2. The third-order valence-corrected chi connectivity index (χ3v) is 4.07. The average Bonchev–Trinajstić information content (AvgIpc) is 2.30. The molecule has 4 atom stereocenters. The summed E-state index contributed by atoms with van der Waals surface area (Å²) in [4.78, 5) is 22.3. The van der Waals surface area contributed by atoms with Crippen LogP contribution in [0.15, 0.2) is 12.2 Å². The van der Waals surface area contributed by atoms with E-state index in [1.54, 1.807) is 12.2 Å². The number of ether oxygens (including phenoxy) is 2. The Hall–Kier alpha value is -1.40. The maximum absolute atomic E-state index is 11.2. The van der Waals surface area contributed by atoms with E-state index < -0.39 is 35.3 Å². The van der Waals surface area contributed by atoms with Crippen molar-refractivity contribution in [1.82, 2.24) is 0 Å². The van der Waals surface area contributed by atoms with Crippen LogP contribution in [0.1, 0.15) is 39.5 Å². The first-order chi connectivity index (χ1) is 9.26. The number of hydrogen-bond acceptors (Lipinski definition) is 6. The van der Waals surface area contributed by atoms with Gasteiger partial charge >= 0.3 is 11.9 Å². The second-order valence-corrected chi connectivity index (χ2v) is 5.65. The van der Waals surface area contributed by atoms with Gasteiger partial charge in [-0.05, 0) is 12.8 Å². The lowest BCUT2D eigenvalue weighted by atomic mass is 9.64. The Morgan fingerprint density at radius 2 is 1.30 bits per heavy atom. The average molecular weight is 284 g/mol. The summed E-state index contributed by atoms with van der Waals surface area (Å²) in [6.45, 7) is 2.52. The molecule has 0 bridgehead atoms. The first kappa shape index (κ1) is 15.0. The zero-order valence-corrected chi connectivity index (χ0v) is 11.7. The maximum Gasteiger partial charge on any atom is 0.303 e. The normalized spacial score (nSPS) is 39.8. The molecule has 2 aliphatic rings. The molecule has 0 aromatic rings. The molecule has 0 unspecified atom stereocenters. The zero-order chi connectivity index (χ0) is 15.0. The Morgan fingerprint density at radius 1 is 0.950 bits per heavy atom. The number of rotatable bonds is 2. The van der Waals surface area contributed by atoms with Crippen molar-refractivity contribution in [3.05, 3.63) is 12.2 Å². The molecule has 1 fully saturated rings. The predicted molar refractivity (Wildman–Crippen MR) is 68.6 cm³/mol. The van der Waals surface area contributed by atoms with E-state index in [0.29, 0.717) is 0 Å². The first-order valence-corrected chi connectivity index (χ1v) is 6.70. The molecule has 2 N–H and O–H groups in total. The summed E-state index contributed by atoms with van der Waals surface area (Å²) < 4.78 is 10.3. The minimum atomic E-state index is -1.36. The second-order valence-electron chi connectivity index (χ2n) is 5.65.